The van der Waals surface area contributed by atoms with Crippen molar-refractivity contribution in [1.29, 1.82) is 0 Å². The summed E-state index contributed by atoms with van der Waals surface area (Å²) in [5.74, 6) is -3.38. The molecule has 0 radical (unpaired) electrons. The highest BCUT2D eigenvalue weighted by Gasteiger charge is 2.27. The zero-order valence-electron chi connectivity index (χ0n) is 11.6. The maximum atomic E-state index is 13.6. The van der Waals surface area contributed by atoms with Crippen molar-refractivity contribution in [1.82, 2.24) is 0 Å². The van der Waals surface area contributed by atoms with Gasteiger partial charge in [-0.05, 0) is 54.6 Å². The second-order valence-corrected chi connectivity index (χ2v) is 5.10. The number of carbonyl (C=O) groups is 2. The number of carbonyl (C=O) groups excluding carboxylic acids is 2. The standard InChI is InChI=1S/C14H15FINO4/c1-3-20-13(18)10(14(19)21-4-2)8-17-12-6-5-9(16)7-11(12)15/h5-8,10H,3-4H2,1-2H3. The molecule has 0 aromatic heterocycles. The number of ether oxygens (including phenoxy) is 2. The van der Waals surface area contributed by atoms with Gasteiger partial charge in [0.15, 0.2) is 5.92 Å². The maximum absolute atomic E-state index is 13.6. The van der Waals surface area contributed by atoms with Crippen molar-refractivity contribution in [3.8, 4) is 0 Å². The molecule has 114 valence electrons. The number of rotatable bonds is 6. The third-order valence-corrected chi connectivity index (χ3v) is 3.02. The monoisotopic (exact) mass is 407 g/mol. The lowest BCUT2D eigenvalue weighted by atomic mass is 10.1. The summed E-state index contributed by atoms with van der Waals surface area (Å²) in [7, 11) is 0. The second kappa shape index (κ2) is 8.71. The molecule has 1 rings (SSSR count). The van der Waals surface area contributed by atoms with E-state index >= 15 is 0 Å². The van der Waals surface area contributed by atoms with Crippen LogP contribution < -0.4 is 0 Å². The summed E-state index contributed by atoms with van der Waals surface area (Å²) in [5, 5.41) is 0. The minimum atomic E-state index is -1.30. The Kier molecular flexibility index (Phi) is 7.27. The molecule has 0 saturated heterocycles. The molecule has 0 aliphatic heterocycles. The normalized spacial score (nSPS) is 10.9. The first-order chi connectivity index (χ1) is 9.99. The quantitative estimate of drug-likeness (QED) is 0.315. The van der Waals surface area contributed by atoms with Crippen LogP contribution >= 0.6 is 22.6 Å². The maximum Gasteiger partial charge on any atom is 0.325 e. The van der Waals surface area contributed by atoms with Crippen molar-refractivity contribution in [2.75, 3.05) is 13.2 Å². The van der Waals surface area contributed by atoms with Crippen molar-refractivity contribution >= 4 is 46.4 Å². The SMILES string of the molecule is CCOC(=O)C(C=Nc1ccc(I)cc1F)C(=O)OCC. The average Bonchev–Trinajstić information content (AvgIpc) is 2.41. The van der Waals surface area contributed by atoms with Gasteiger partial charge in [-0.3, -0.25) is 14.6 Å². The zero-order valence-corrected chi connectivity index (χ0v) is 13.8. The Labute approximate surface area is 135 Å². The first-order valence-electron chi connectivity index (χ1n) is 6.32. The summed E-state index contributed by atoms with van der Waals surface area (Å²) in [6.07, 6.45) is 1.04. The third kappa shape index (κ3) is 5.41. The Morgan fingerprint density at radius 3 is 2.33 bits per heavy atom. The van der Waals surface area contributed by atoms with Gasteiger partial charge in [0, 0.05) is 9.78 Å². The Bertz CT molecular complexity index is 530. The van der Waals surface area contributed by atoms with Crippen LogP contribution in [0.15, 0.2) is 23.2 Å². The van der Waals surface area contributed by atoms with Gasteiger partial charge in [-0.1, -0.05) is 0 Å². The van der Waals surface area contributed by atoms with Crippen LogP contribution in [0.25, 0.3) is 0 Å². The number of hydrogen-bond donors (Lipinski definition) is 0. The second-order valence-electron chi connectivity index (χ2n) is 3.86. The highest BCUT2D eigenvalue weighted by Crippen LogP contribution is 2.20. The summed E-state index contributed by atoms with van der Waals surface area (Å²) in [6, 6.07) is 4.43. The lowest BCUT2D eigenvalue weighted by Crippen LogP contribution is -2.29. The molecule has 21 heavy (non-hydrogen) atoms. The molecular weight excluding hydrogens is 392 g/mol. The third-order valence-electron chi connectivity index (χ3n) is 2.35. The van der Waals surface area contributed by atoms with Gasteiger partial charge in [0.05, 0.1) is 18.9 Å². The van der Waals surface area contributed by atoms with Gasteiger partial charge in [0.2, 0.25) is 0 Å². The van der Waals surface area contributed by atoms with Crippen LogP contribution in [0.4, 0.5) is 10.1 Å². The number of hydrogen-bond acceptors (Lipinski definition) is 5. The fourth-order valence-electron chi connectivity index (χ4n) is 1.42. The van der Waals surface area contributed by atoms with Crippen LogP contribution in [0.1, 0.15) is 13.8 Å². The van der Waals surface area contributed by atoms with Crippen LogP contribution in [-0.2, 0) is 19.1 Å². The van der Waals surface area contributed by atoms with Crippen LogP contribution in [0.2, 0.25) is 0 Å². The number of benzene rings is 1. The Morgan fingerprint density at radius 2 is 1.86 bits per heavy atom. The number of halogens is 2. The van der Waals surface area contributed by atoms with E-state index in [0.29, 0.717) is 0 Å². The Balaban J connectivity index is 2.96. The Hall–Kier alpha value is -1.51. The molecule has 5 nitrogen and oxygen atoms in total. The van der Waals surface area contributed by atoms with Gasteiger partial charge in [0.1, 0.15) is 5.82 Å². The molecule has 0 spiro atoms. The summed E-state index contributed by atoms with van der Waals surface area (Å²) in [5.41, 5.74) is 0.0361. The van der Waals surface area contributed by atoms with Gasteiger partial charge in [-0.2, -0.15) is 0 Å². The average molecular weight is 407 g/mol. The van der Waals surface area contributed by atoms with Crippen LogP contribution in [0, 0.1) is 15.3 Å². The van der Waals surface area contributed by atoms with Crippen molar-refractivity contribution in [3.63, 3.8) is 0 Å². The predicted molar refractivity (Wildman–Crippen MR) is 84.0 cm³/mol. The molecule has 0 amide bonds. The molecule has 0 aliphatic carbocycles. The molecule has 1 aromatic carbocycles. The molecule has 0 fully saturated rings. The Morgan fingerprint density at radius 1 is 1.29 bits per heavy atom. The fourth-order valence-corrected chi connectivity index (χ4v) is 1.88. The lowest BCUT2D eigenvalue weighted by Gasteiger charge is -2.10. The molecule has 0 aliphatic rings. The van der Waals surface area contributed by atoms with E-state index in [-0.39, 0.29) is 18.9 Å². The molecule has 0 N–H and O–H groups in total. The van der Waals surface area contributed by atoms with Gasteiger partial charge in [-0.25, -0.2) is 4.39 Å². The van der Waals surface area contributed by atoms with Crippen LogP contribution in [0.5, 0.6) is 0 Å². The van der Waals surface area contributed by atoms with Crippen molar-refractivity contribution in [2.24, 2.45) is 10.9 Å². The summed E-state index contributed by atoms with van der Waals surface area (Å²) >= 11 is 1.97. The van der Waals surface area contributed by atoms with E-state index in [1.165, 1.54) is 12.1 Å². The first-order valence-corrected chi connectivity index (χ1v) is 7.40. The van der Waals surface area contributed by atoms with Gasteiger partial charge in [0.25, 0.3) is 0 Å². The molecule has 0 heterocycles. The highest BCUT2D eigenvalue weighted by atomic mass is 127. The van der Waals surface area contributed by atoms with Gasteiger partial charge in [-0.15, -0.1) is 0 Å². The van der Waals surface area contributed by atoms with Crippen LogP contribution in [-0.4, -0.2) is 31.4 Å². The van der Waals surface area contributed by atoms with Crippen LogP contribution in [0.3, 0.4) is 0 Å². The first kappa shape index (κ1) is 17.5. The van der Waals surface area contributed by atoms with E-state index in [2.05, 4.69) is 4.99 Å². The highest BCUT2D eigenvalue weighted by molar-refractivity contribution is 14.1. The number of aliphatic imine (C=N–C) groups is 1. The topological polar surface area (TPSA) is 65.0 Å². The number of nitrogens with zero attached hydrogens (tertiary/aromatic N) is 1. The van der Waals surface area contributed by atoms with E-state index < -0.39 is 23.7 Å². The molecular formula is C14H15FINO4. The molecule has 1 aromatic rings. The summed E-state index contributed by atoms with van der Waals surface area (Å²) < 4.78 is 23.9. The van der Waals surface area contributed by atoms with E-state index in [4.69, 9.17) is 9.47 Å². The van der Waals surface area contributed by atoms with Gasteiger partial charge < -0.3 is 9.47 Å². The summed E-state index contributed by atoms with van der Waals surface area (Å²) in [6.45, 7) is 3.49. The molecule has 0 bridgehead atoms. The van der Waals surface area contributed by atoms with Gasteiger partial charge >= 0.3 is 11.9 Å². The lowest BCUT2D eigenvalue weighted by molar-refractivity contribution is -0.157. The summed E-state index contributed by atoms with van der Waals surface area (Å²) in [4.78, 5) is 27.3. The zero-order chi connectivity index (χ0) is 15.8. The molecule has 0 saturated carbocycles. The van der Waals surface area contributed by atoms with Crippen molar-refractivity contribution in [3.05, 3.63) is 27.6 Å². The molecule has 0 atom stereocenters. The fraction of sp³-hybridized carbons (Fsp3) is 0.357. The van der Waals surface area contributed by atoms with E-state index in [1.807, 2.05) is 22.6 Å². The molecule has 7 heteroatoms. The largest absolute Gasteiger partial charge is 0.465 e. The predicted octanol–water partition coefficient (Wildman–Crippen LogP) is 2.88. The molecule has 0 unspecified atom stereocenters. The smallest absolute Gasteiger partial charge is 0.325 e. The minimum Gasteiger partial charge on any atom is -0.465 e. The van der Waals surface area contributed by atoms with Crippen molar-refractivity contribution < 1.29 is 23.5 Å². The van der Waals surface area contributed by atoms with E-state index in [1.54, 1.807) is 19.9 Å². The number of esters is 2. The van der Waals surface area contributed by atoms with E-state index in [0.717, 1.165) is 9.78 Å². The van der Waals surface area contributed by atoms with E-state index in [9.17, 15) is 14.0 Å². The minimum absolute atomic E-state index is 0.0361. The van der Waals surface area contributed by atoms with Crippen molar-refractivity contribution in [2.45, 2.75) is 13.8 Å².